The number of benzene rings is 2. The molecular weight excluding hydrogens is 436 g/mol. The minimum atomic E-state index is -3.57. The average molecular weight is 471 g/mol. The molecule has 6 nitrogen and oxygen atoms in total. The maximum absolute atomic E-state index is 13.4. The Bertz CT molecular complexity index is 1100. The Morgan fingerprint density at radius 2 is 1.55 bits per heavy atom. The summed E-state index contributed by atoms with van der Waals surface area (Å²) >= 11 is 0. The van der Waals surface area contributed by atoms with Gasteiger partial charge in [0.15, 0.2) is 0 Å². The first kappa shape index (κ1) is 23.8. The molecule has 1 atom stereocenters. The van der Waals surface area contributed by atoms with Crippen LogP contribution < -0.4 is 4.74 Å². The fourth-order valence-corrected chi connectivity index (χ4v) is 7.36. The van der Waals surface area contributed by atoms with E-state index < -0.39 is 10.0 Å². The quantitative estimate of drug-likeness (QED) is 0.650. The largest absolute Gasteiger partial charge is 0.497 e. The molecule has 0 unspecified atom stereocenters. The summed E-state index contributed by atoms with van der Waals surface area (Å²) in [7, 11) is -1.92. The predicted octanol–water partition coefficient (Wildman–Crippen LogP) is 4.38. The number of ether oxygens (including phenoxy) is 1. The molecule has 2 saturated heterocycles. The van der Waals surface area contributed by atoms with Gasteiger partial charge in [-0.1, -0.05) is 29.8 Å². The summed E-state index contributed by atoms with van der Waals surface area (Å²) in [5, 5.41) is 0. The average Bonchev–Trinajstić information content (AvgIpc) is 3.28. The van der Waals surface area contributed by atoms with Gasteiger partial charge in [-0.15, -0.1) is 0 Å². The van der Waals surface area contributed by atoms with Crippen LogP contribution in [0.2, 0.25) is 0 Å². The lowest BCUT2D eigenvalue weighted by molar-refractivity contribution is -0.137. The second-order valence-electron chi connectivity index (χ2n) is 9.37. The van der Waals surface area contributed by atoms with Crippen LogP contribution >= 0.6 is 0 Å². The zero-order valence-corrected chi connectivity index (χ0v) is 20.8. The number of hydrogen-bond donors (Lipinski definition) is 0. The Kier molecular flexibility index (Phi) is 6.82. The van der Waals surface area contributed by atoms with Crippen molar-refractivity contribution in [2.45, 2.75) is 57.4 Å². The van der Waals surface area contributed by atoms with Crippen LogP contribution in [0.25, 0.3) is 0 Å². The summed E-state index contributed by atoms with van der Waals surface area (Å²) in [4.78, 5) is 15.8. The van der Waals surface area contributed by atoms with E-state index in [1.807, 2.05) is 62.1 Å². The third kappa shape index (κ3) is 4.66. The number of sulfonamides is 1. The molecular formula is C26H34N2O4S. The van der Waals surface area contributed by atoms with Crippen molar-refractivity contribution in [3.8, 4) is 5.75 Å². The minimum absolute atomic E-state index is 0.0861. The smallest absolute Gasteiger partial charge is 0.243 e. The number of aryl methyl sites for hydroxylation is 3. The van der Waals surface area contributed by atoms with Crippen molar-refractivity contribution in [3.63, 3.8) is 0 Å². The van der Waals surface area contributed by atoms with Crippen LogP contribution in [0.3, 0.4) is 0 Å². The van der Waals surface area contributed by atoms with Crippen LogP contribution in [0.5, 0.6) is 5.75 Å². The lowest BCUT2D eigenvalue weighted by Crippen LogP contribution is -2.44. The fourth-order valence-electron chi connectivity index (χ4n) is 5.48. The summed E-state index contributed by atoms with van der Waals surface area (Å²) in [6.45, 7) is 7.21. The van der Waals surface area contributed by atoms with Gasteiger partial charge < -0.3 is 9.64 Å². The first-order chi connectivity index (χ1) is 15.7. The third-order valence-electron chi connectivity index (χ3n) is 7.04. The second kappa shape index (κ2) is 9.47. The maximum atomic E-state index is 13.4. The van der Waals surface area contributed by atoms with E-state index in [0.717, 1.165) is 47.4 Å². The Morgan fingerprint density at radius 1 is 0.939 bits per heavy atom. The molecule has 33 heavy (non-hydrogen) atoms. The van der Waals surface area contributed by atoms with Gasteiger partial charge in [-0.3, -0.25) is 4.79 Å². The van der Waals surface area contributed by atoms with Gasteiger partial charge in [0.05, 0.1) is 18.0 Å². The normalized spacial score (nSPS) is 20.2. The molecule has 4 rings (SSSR count). The molecule has 0 bridgehead atoms. The van der Waals surface area contributed by atoms with E-state index in [9.17, 15) is 13.2 Å². The maximum Gasteiger partial charge on any atom is 0.243 e. The molecule has 2 aliphatic rings. The van der Waals surface area contributed by atoms with Gasteiger partial charge >= 0.3 is 0 Å². The molecule has 7 heteroatoms. The number of carbonyl (C=O) groups excluding carboxylic acids is 1. The van der Waals surface area contributed by atoms with Crippen molar-refractivity contribution in [3.05, 3.63) is 58.7 Å². The molecule has 0 radical (unpaired) electrons. The fraction of sp³-hybridized carbons (Fsp3) is 0.500. The molecule has 1 amide bonds. The number of piperidine rings is 1. The molecule has 0 saturated carbocycles. The van der Waals surface area contributed by atoms with E-state index in [0.29, 0.717) is 30.8 Å². The minimum Gasteiger partial charge on any atom is -0.497 e. The van der Waals surface area contributed by atoms with Gasteiger partial charge in [-0.2, -0.15) is 4.31 Å². The number of likely N-dealkylation sites (tertiary alicyclic amines) is 1. The number of hydrogen-bond acceptors (Lipinski definition) is 4. The van der Waals surface area contributed by atoms with Gasteiger partial charge in [0.1, 0.15) is 5.75 Å². The molecule has 2 aromatic carbocycles. The highest BCUT2D eigenvalue weighted by molar-refractivity contribution is 7.89. The lowest BCUT2D eigenvalue weighted by Gasteiger charge is -2.35. The molecule has 0 aliphatic carbocycles. The second-order valence-corrected chi connectivity index (χ2v) is 11.2. The summed E-state index contributed by atoms with van der Waals surface area (Å²) in [6, 6.07) is 11.9. The standard InChI is InChI=1S/C26H34N2O4S/c1-18-16-19(2)25(20(3)17-18)33(30,31)27-14-11-22(12-15-27)26(29)28-13-5-6-24(28)21-7-9-23(32-4)10-8-21/h7-10,16-17,22,24H,5-6,11-15H2,1-4H3/t24-/m1/s1. The number of nitrogens with zero attached hydrogens (tertiary/aromatic N) is 2. The molecule has 2 heterocycles. The Morgan fingerprint density at radius 3 is 2.12 bits per heavy atom. The number of methoxy groups -OCH3 is 1. The van der Waals surface area contributed by atoms with Crippen LogP contribution in [0, 0.1) is 26.7 Å². The Labute approximate surface area is 197 Å². The van der Waals surface area contributed by atoms with Gasteiger partial charge in [0.25, 0.3) is 0 Å². The van der Waals surface area contributed by atoms with E-state index in [2.05, 4.69) is 0 Å². The molecule has 0 aromatic heterocycles. The van der Waals surface area contributed by atoms with Gasteiger partial charge in [-0.25, -0.2) is 8.42 Å². The molecule has 2 aliphatic heterocycles. The van der Waals surface area contributed by atoms with Crippen LogP contribution in [0.1, 0.15) is 54.0 Å². The van der Waals surface area contributed by atoms with Crippen LogP contribution in [-0.2, 0) is 14.8 Å². The first-order valence-corrected chi connectivity index (χ1v) is 13.2. The number of rotatable bonds is 5. The van der Waals surface area contributed by atoms with E-state index in [4.69, 9.17) is 4.74 Å². The highest BCUT2D eigenvalue weighted by Crippen LogP contribution is 2.36. The number of amides is 1. The molecule has 2 fully saturated rings. The van der Waals surface area contributed by atoms with E-state index in [-0.39, 0.29) is 17.9 Å². The third-order valence-corrected chi connectivity index (χ3v) is 9.25. The highest BCUT2D eigenvalue weighted by atomic mass is 32.2. The summed E-state index contributed by atoms with van der Waals surface area (Å²) in [5.74, 6) is 0.839. The van der Waals surface area contributed by atoms with Crippen LogP contribution in [0.4, 0.5) is 0 Å². The highest BCUT2D eigenvalue weighted by Gasteiger charge is 2.38. The first-order valence-electron chi connectivity index (χ1n) is 11.7. The summed E-state index contributed by atoms with van der Waals surface area (Å²) < 4.78 is 33.6. The Hall–Kier alpha value is -2.38. The topological polar surface area (TPSA) is 66.9 Å². The number of carbonyl (C=O) groups is 1. The van der Waals surface area contributed by atoms with Crippen molar-refractivity contribution >= 4 is 15.9 Å². The van der Waals surface area contributed by atoms with Crippen molar-refractivity contribution < 1.29 is 17.9 Å². The van der Waals surface area contributed by atoms with E-state index >= 15 is 0 Å². The zero-order valence-electron chi connectivity index (χ0n) is 20.0. The summed E-state index contributed by atoms with van der Waals surface area (Å²) in [6.07, 6.45) is 3.07. The predicted molar refractivity (Wildman–Crippen MR) is 129 cm³/mol. The van der Waals surface area contributed by atoms with Crippen molar-refractivity contribution in [1.29, 1.82) is 0 Å². The summed E-state index contributed by atoms with van der Waals surface area (Å²) in [5.41, 5.74) is 3.76. The van der Waals surface area contributed by atoms with Gasteiger partial charge in [-0.05, 0) is 75.3 Å². The van der Waals surface area contributed by atoms with Gasteiger partial charge in [0, 0.05) is 25.6 Å². The Balaban J connectivity index is 1.44. The van der Waals surface area contributed by atoms with Crippen molar-refractivity contribution in [2.24, 2.45) is 5.92 Å². The zero-order chi connectivity index (χ0) is 23.8. The molecule has 178 valence electrons. The lowest BCUT2D eigenvalue weighted by atomic mass is 9.95. The molecule has 0 N–H and O–H groups in total. The SMILES string of the molecule is COc1ccc([C@H]2CCCN2C(=O)C2CCN(S(=O)(=O)c3c(C)cc(C)cc3C)CC2)cc1. The monoisotopic (exact) mass is 470 g/mol. The van der Waals surface area contributed by atoms with Crippen LogP contribution in [0.15, 0.2) is 41.3 Å². The molecule has 0 spiro atoms. The van der Waals surface area contributed by atoms with Crippen molar-refractivity contribution in [2.75, 3.05) is 26.7 Å². The van der Waals surface area contributed by atoms with E-state index in [1.165, 1.54) is 0 Å². The van der Waals surface area contributed by atoms with Crippen molar-refractivity contribution in [1.82, 2.24) is 9.21 Å². The molecule has 2 aromatic rings. The van der Waals surface area contributed by atoms with E-state index in [1.54, 1.807) is 11.4 Å². The van der Waals surface area contributed by atoms with Gasteiger partial charge in [0.2, 0.25) is 15.9 Å². The van der Waals surface area contributed by atoms with Crippen LogP contribution in [-0.4, -0.2) is 50.3 Å².